The van der Waals surface area contributed by atoms with Crippen molar-refractivity contribution in [2.75, 3.05) is 7.11 Å². The van der Waals surface area contributed by atoms with Gasteiger partial charge in [0.15, 0.2) is 0 Å². The average molecular weight is 173 g/mol. The van der Waals surface area contributed by atoms with Gasteiger partial charge in [0.2, 0.25) is 0 Å². The molecule has 0 aliphatic carbocycles. The second kappa shape index (κ2) is 4.09. The van der Waals surface area contributed by atoms with Crippen LogP contribution in [0.4, 0.5) is 0 Å². The van der Waals surface area contributed by atoms with Crippen LogP contribution in [0.1, 0.15) is 27.2 Å². The predicted octanol–water partition coefficient (Wildman–Crippen LogP) is 1.43. The number of carbonyl (C=O) groups excluding carboxylic acids is 1. The monoisotopic (exact) mass is 173 g/mol. The summed E-state index contributed by atoms with van der Waals surface area (Å²) in [5.74, 6) is -0.391. The highest BCUT2D eigenvalue weighted by atomic mass is 16.5. The van der Waals surface area contributed by atoms with E-state index in [4.69, 9.17) is 5.21 Å². The smallest absolute Gasteiger partial charge is 0.311 e. The van der Waals surface area contributed by atoms with E-state index in [-0.39, 0.29) is 11.8 Å². The number of methoxy groups -OCH3 is 1. The van der Waals surface area contributed by atoms with Gasteiger partial charge < -0.3 is 9.94 Å². The Morgan fingerprint density at radius 2 is 2.00 bits per heavy atom. The molecule has 70 valence electrons. The molecule has 0 atom stereocenters. The minimum Gasteiger partial charge on any atom is -0.469 e. The van der Waals surface area contributed by atoms with Crippen molar-refractivity contribution in [1.82, 2.24) is 0 Å². The molecule has 0 heterocycles. The first kappa shape index (κ1) is 10.9. The maximum atomic E-state index is 10.8. The fourth-order valence-corrected chi connectivity index (χ4v) is 0.659. The molecule has 0 bridgehead atoms. The summed E-state index contributed by atoms with van der Waals surface area (Å²) in [6.07, 6.45) is 0.0382. The Hall–Kier alpha value is -1.06. The first-order valence-electron chi connectivity index (χ1n) is 3.70. The van der Waals surface area contributed by atoms with Gasteiger partial charge in [-0.3, -0.25) is 4.79 Å². The molecular weight excluding hydrogens is 158 g/mol. The number of nitrogens with zero attached hydrogens (tertiary/aromatic N) is 1. The lowest BCUT2D eigenvalue weighted by molar-refractivity contribution is -0.139. The molecular formula is C8H15NO3. The highest BCUT2D eigenvalue weighted by molar-refractivity contribution is 6.01. The van der Waals surface area contributed by atoms with Gasteiger partial charge in [0.25, 0.3) is 0 Å². The number of carbonyl (C=O) groups is 1. The molecule has 0 aromatic rings. The zero-order valence-corrected chi connectivity index (χ0v) is 7.92. The molecule has 0 rings (SSSR count). The minimum absolute atomic E-state index is 0.0382. The van der Waals surface area contributed by atoms with Crippen LogP contribution in [0.15, 0.2) is 5.16 Å². The molecule has 0 radical (unpaired) electrons. The van der Waals surface area contributed by atoms with Crippen molar-refractivity contribution < 1.29 is 14.7 Å². The fraction of sp³-hybridized carbons (Fsp3) is 0.750. The molecule has 0 saturated heterocycles. The Morgan fingerprint density at radius 1 is 1.50 bits per heavy atom. The van der Waals surface area contributed by atoms with Gasteiger partial charge in [-0.2, -0.15) is 0 Å². The molecule has 0 aliphatic heterocycles. The summed E-state index contributed by atoms with van der Waals surface area (Å²) in [5, 5.41) is 11.6. The van der Waals surface area contributed by atoms with E-state index in [0.717, 1.165) is 0 Å². The van der Waals surface area contributed by atoms with Crippen molar-refractivity contribution in [2.45, 2.75) is 27.2 Å². The number of ether oxygens (including phenoxy) is 1. The molecule has 1 N–H and O–H groups in total. The van der Waals surface area contributed by atoms with Crippen LogP contribution in [-0.2, 0) is 9.53 Å². The molecule has 0 aliphatic rings. The fourth-order valence-electron chi connectivity index (χ4n) is 0.659. The van der Waals surface area contributed by atoms with Crippen molar-refractivity contribution in [2.24, 2.45) is 10.6 Å². The molecule has 12 heavy (non-hydrogen) atoms. The lowest BCUT2D eigenvalue weighted by atomic mass is 9.88. The van der Waals surface area contributed by atoms with Crippen LogP contribution in [0.25, 0.3) is 0 Å². The zero-order chi connectivity index (χ0) is 9.78. The van der Waals surface area contributed by atoms with Gasteiger partial charge in [-0.1, -0.05) is 25.9 Å². The first-order valence-corrected chi connectivity index (χ1v) is 3.70. The molecule has 0 spiro atoms. The van der Waals surface area contributed by atoms with Crippen molar-refractivity contribution >= 4 is 11.7 Å². The quantitative estimate of drug-likeness (QED) is 0.297. The van der Waals surface area contributed by atoms with Crippen molar-refractivity contribution in [1.29, 1.82) is 0 Å². The lowest BCUT2D eigenvalue weighted by Crippen LogP contribution is -2.24. The van der Waals surface area contributed by atoms with Gasteiger partial charge in [0.05, 0.1) is 19.2 Å². The number of oxime groups is 1. The number of hydrogen-bond acceptors (Lipinski definition) is 4. The Morgan fingerprint density at radius 3 is 2.25 bits per heavy atom. The summed E-state index contributed by atoms with van der Waals surface area (Å²) in [4.78, 5) is 10.8. The first-order chi connectivity index (χ1) is 5.41. The Kier molecular flexibility index (Phi) is 3.73. The Balaban J connectivity index is 4.32. The summed E-state index contributed by atoms with van der Waals surface area (Å²) >= 11 is 0. The van der Waals surface area contributed by atoms with E-state index >= 15 is 0 Å². The van der Waals surface area contributed by atoms with Crippen molar-refractivity contribution in [3.05, 3.63) is 0 Å². The van der Waals surface area contributed by atoms with Gasteiger partial charge in [0, 0.05) is 5.41 Å². The van der Waals surface area contributed by atoms with Crippen LogP contribution in [0.5, 0.6) is 0 Å². The van der Waals surface area contributed by atoms with Crippen LogP contribution in [-0.4, -0.2) is 24.0 Å². The van der Waals surface area contributed by atoms with Crippen LogP contribution in [0.2, 0.25) is 0 Å². The van der Waals surface area contributed by atoms with E-state index in [9.17, 15) is 4.79 Å². The molecule has 0 amide bonds. The van der Waals surface area contributed by atoms with E-state index in [1.54, 1.807) is 0 Å². The molecule has 0 saturated carbocycles. The standard InChI is InChI=1S/C8H15NO3/c1-8(2,3)6(9-11)5-7(10)12-4/h11H,5H2,1-4H3. The maximum absolute atomic E-state index is 10.8. The maximum Gasteiger partial charge on any atom is 0.311 e. The zero-order valence-electron chi connectivity index (χ0n) is 7.92. The Bertz CT molecular complexity index is 191. The van der Waals surface area contributed by atoms with E-state index in [2.05, 4.69) is 9.89 Å². The van der Waals surface area contributed by atoms with Crippen LogP contribution >= 0.6 is 0 Å². The third-order valence-corrected chi connectivity index (χ3v) is 1.53. The second-order valence-electron chi connectivity index (χ2n) is 3.55. The largest absolute Gasteiger partial charge is 0.469 e. The van der Waals surface area contributed by atoms with Crippen LogP contribution < -0.4 is 0 Å². The molecule has 0 aromatic heterocycles. The van der Waals surface area contributed by atoms with Crippen LogP contribution in [0.3, 0.4) is 0 Å². The highest BCUT2D eigenvalue weighted by Gasteiger charge is 2.22. The number of hydrogen-bond donors (Lipinski definition) is 1. The normalized spacial score (nSPS) is 12.8. The van der Waals surface area contributed by atoms with Crippen molar-refractivity contribution in [3.8, 4) is 0 Å². The Labute approximate surface area is 72.2 Å². The average Bonchev–Trinajstić information content (AvgIpc) is 1.97. The van der Waals surface area contributed by atoms with Gasteiger partial charge in [0.1, 0.15) is 0 Å². The third-order valence-electron chi connectivity index (χ3n) is 1.53. The third kappa shape index (κ3) is 3.37. The minimum atomic E-state index is -0.391. The second-order valence-corrected chi connectivity index (χ2v) is 3.55. The topological polar surface area (TPSA) is 58.9 Å². The van der Waals surface area contributed by atoms with E-state index < -0.39 is 5.97 Å². The number of esters is 1. The van der Waals surface area contributed by atoms with Gasteiger partial charge in [-0.15, -0.1) is 0 Å². The summed E-state index contributed by atoms with van der Waals surface area (Å²) in [7, 11) is 1.31. The summed E-state index contributed by atoms with van der Waals surface area (Å²) in [6.45, 7) is 5.60. The van der Waals surface area contributed by atoms with E-state index in [0.29, 0.717) is 5.71 Å². The molecule has 4 nitrogen and oxygen atoms in total. The van der Waals surface area contributed by atoms with Crippen LogP contribution in [0, 0.1) is 5.41 Å². The highest BCUT2D eigenvalue weighted by Crippen LogP contribution is 2.18. The summed E-state index contributed by atoms with van der Waals surface area (Å²) < 4.78 is 4.45. The van der Waals surface area contributed by atoms with E-state index in [1.807, 2.05) is 20.8 Å². The summed E-state index contributed by atoms with van der Waals surface area (Å²) in [5.41, 5.74) is 0.123. The number of rotatable bonds is 2. The predicted molar refractivity (Wildman–Crippen MR) is 45.3 cm³/mol. The van der Waals surface area contributed by atoms with E-state index in [1.165, 1.54) is 7.11 Å². The molecule has 0 unspecified atom stereocenters. The van der Waals surface area contributed by atoms with Gasteiger partial charge in [-0.25, -0.2) is 0 Å². The van der Waals surface area contributed by atoms with Gasteiger partial charge >= 0.3 is 5.97 Å². The molecule has 0 aromatic carbocycles. The van der Waals surface area contributed by atoms with Gasteiger partial charge in [-0.05, 0) is 0 Å². The molecule has 0 fully saturated rings. The van der Waals surface area contributed by atoms with Crippen molar-refractivity contribution in [3.63, 3.8) is 0 Å². The lowest BCUT2D eigenvalue weighted by Gasteiger charge is -2.18. The SMILES string of the molecule is COC(=O)CC(=NO)C(C)(C)C. The molecule has 4 heteroatoms. The summed E-state index contributed by atoms with van der Waals surface area (Å²) in [6, 6.07) is 0.